The molecule has 1 aliphatic rings. The number of likely N-dealkylation sites (tertiary alicyclic amines) is 1. The summed E-state index contributed by atoms with van der Waals surface area (Å²) >= 11 is 1.51. The van der Waals surface area contributed by atoms with Crippen LogP contribution in [0.4, 0.5) is 0 Å². The zero-order valence-electron chi connectivity index (χ0n) is 15.9. The molecule has 0 unspecified atom stereocenters. The fourth-order valence-electron chi connectivity index (χ4n) is 3.70. The van der Waals surface area contributed by atoms with E-state index in [0.717, 1.165) is 34.8 Å². The van der Waals surface area contributed by atoms with Gasteiger partial charge in [-0.25, -0.2) is 19.9 Å². The molecule has 0 N–H and O–H groups in total. The minimum Gasteiger partial charge on any atom is -0.337 e. The molecule has 4 aromatic heterocycles. The second kappa shape index (κ2) is 7.32. The summed E-state index contributed by atoms with van der Waals surface area (Å²) in [6.07, 6.45) is 8.75. The lowest BCUT2D eigenvalue weighted by Gasteiger charge is -2.32. The Hall–Kier alpha value is -3.20. The Kier molecular flexibility index (Phi) is 4.51. The van der Waals surface area contributed by atoms with Crippen molar-refractivity contribution in [2.45, 2.75) is 25.8 Å². The van der Waals surface area contributed by atoms with E-state index in [4.69, 9.17) is 4.98 Å². The van der Waals surface area contributed by atoms with Crippen LogP contribution in [0, 0.1) is 6.92 Å². The average molecular weight is 405 g/mol. The molecule has 146 valence electrons. The molecule has 0 aliphatic carbocycles. The maximum absolute atomic E-state index is 12.6. The van der Waals surface area contributed by atoms with Crippen LogP contribution in [0.2, 0.25) is 0 Å². The quantitative estimate of drug-likeness (QED) is 0.520. The van der Waals surface area contributed by atoms with Crippen LogP contribution in [0.5, 0.6) is 0 Å². The first-order valence-corrected chi connectivity index (χ1v) is 10.4. The average Bonchev–Trinajstić information content (AvgIpc) is 3.40. The van der Waals surface area contributed by atoms with Crippen molar-refractivity contribution in [3.63, 3.8) is 0 Å². The fraction of sp³-hybridized carbons (Fsp3) is 0.300. The normalized spacial score (nSPS) is 15.1. The summed E-state index contributed by atoms with van der Waals surface area (Å²) in [5.74, 6) is 0.0157. The first kappa shape index (κ1) is 17.9. The van der Waals surface area contributed by atoms with Crippen LogP contribution in [-0.2, 0) is 0 Å². The van der Waals surface area contributed by atoms with Crippen LogP contribution in [0.1, 0.15) is 34.4 Å². The van der Waals surface area contributed by atoms with Gasteiger partial charge in [0.25, 0.3) is 5.91 Å². The number of nitrogens with zero attached hydrogens (tertiary/aromatic N) is 7. The number of piperidine rings is 1. The molecular weight excluding hydrogens is 386 g/mol. The Bertz CT molecular complexity index is 1160. The van der Waals surface area contributed by atoms with Crippen molar-refractivity contribution in [1.29, 1.82) is 0 Å². The number of hydrogen-bond donors (Lipinski definition) is 0. The maximum atomic E-state index is 12.6. The van der Waals surface area contributed by atoms with Gasteiger partial charge >= 0.3 is 0 Å². The van der Waals surface area contributed by atoms with Gasteiger partial charge in [-0.3, -0.25) is 9.78 Å². The summed E-state index contributed by atoms with van der Waals surface area (Å²) in [5, 5.41) is 2.75. The number of aromatic nitrogens is 6. The van der Waals surface area contributed by atoms with Crippen LogP contribution in [0.3, 0.4) is 0 Å². The number of hydrogen-bond acceptors (Lipinski definition) is 7. The number of amides is 1. The molecule has 5 rings (SSSR count). The zero-order valence-corrected chi connectivity index (χ0v) is 16.7. The summed E-state index contributed by atoms with van der Waals surface area (Å²) in [6.45, 7) is 3.30. The Morgan fingerprint density at radius 1 is 1.17 bits per heavy atom. The molecule has 0 aromatic carbocycles. The van der Waals surface area contributed by atoms with Gasteiger partial charge in [0.05, 0.1) is 23.2 Å². The third kappa shape index (κ3) is 3.38. The molecule has 1 aliphatic heterocycles. The molecule has 1 amide bonds. The molecular formula is C20H19N7OS. The van der Waals surface area contributed by atoms with Gasteiger partial charge in [-0.2, -0.15) is 0 Å². The molecule has 1 saturated heterocycles. The van der Waals surface area contributed by atoms with Crippen LogP contribution >= 0.6 is 11.3 Å². The number of pyridine rings is 1. The van der Waals surface area contributed by atoms with Crippen molar-refractivity contribution in [3.8, 4) is 11.3 Å². The lowest BCUT2D eigenvalue weighted by molar-refractivity contribution is 0.0690. The fourth-order valence-corrected chi connectivity index (χ4v) is 4.29. The number of fused-ring (bicyclic) bond motifs is 1. The van der Waals surface area contributed by atoms with E-state index in [0.29, 0.717) is 24.4 Å². The van der Waals surface area contributed by atoms with Crippen molar-refractivity contribution in [2.24, 2.45) is 0 Å². The first-order valence-electron chi connectivity index (χ1n) is 9.50. The Balaban J connectivity index is 1.36. The van der Waals surface area contributed by atoms with E-state index in [9.17, 15) is 4.79 Å². The number of thiazole rings is 1. The predicted molar refractivity (Wildman–Crippen MR) is 110 cm³/mol. The van der Waals surface area contributed by atoms with Gasteiger partial charge in [0, 0.05) is 42.5 Å². The molecule has 0 atom stereocenters. The van der Waals surface area contributed by atoms with E-state index in [2.05, 4.69) is 24.5 Å². The van der Waals surface area contributed by atoms with E-state index < -0.39 is 0 Å². The molecule has 8 nitrogen and oxygen atoms in total. The molecule has 1 fully saturated rings. The van der Waals surface area contributed by atoms with Crippen molar-refractivity contribution < 1.29 is 4.79 Å². The van der Waals surface area contributed by atoms with Crippen LogP contribution in [0.15, 0.2) is 42.4 Å². The van der Waals surface area contributed by atoms with E-state index in [-0.39, 0.29) is 11.9 Å². The smallest absolute Gasteiger partial charge is 0.273 e. The highest BCUT2D eigenvalue weighted by molar-refractivity contribution is 7.09. The highest BCUT2D eigenvalue weighted by Gasteiger charge is 2.27. The van der Waals surface area contributed by atoms with Gasteiger partial charge in [0.2, 0.25) is 0 Å². The van der Waals surface area contributed by atoms with Crippen LogP contribution in [-0.4, -0.2) is 53.4 Å². The highest BCUT2D eigenvalue weighted by Crippen LogP contribution is 2.27. The van der Waals surface area contributed by atoms with E-state index in [1.165, 1.54) is 11.3 Å². The number of carbonyl (C=O) groups is 1. The summed E-state index contributed by atoms with van der Waals surface area (Å²) < 4.78 is 2.09. The summed E-state index contributed by atoms with van der Waals surface area (Å²) in [6, 6.07) is 4.09. The van der Waals surface area contributed by atoms with Crippen molar-refractivity contribution >= 4 is 28.5 Å². The summed E-state index contributed by atoms with van der Waals surface area (Å²) in [5.41, 5.74) is 3.65. The first-order chi connectivity index (χ1) is 14.2. The van der Waals surface area contributed by atoms with Crippen LogP contribution in [0.25, 0.3) is 22.6 Å². The minimum absolute atomic E-state index is 0.0157. The van der Waals surface area contributed by atoms with Gasteiger partial charge in [-0.15, -0.1) is 11.3 Å². The standard InChI is InChI=1S/C20H19N7OS/c1-13-24-17(11-29-13)20(28)26-7-4-15(5-8-26)27-12-23-18-19(27)25-16(10-22-18)14-3-2-6-21-9-14/h2-3,6,9-12,15H,4-5,7-8H2,1H3. The van der Waals surface area contributed by atoms with E-state index in [1.807, 2.05) is 35.7 Å². The van der Waals surface area contributed by atoms with Gasteiger partial charge < -0.3 is 9.47 Å². The Labute approximate surface area is 171 Å². The van der Waals surface area contributed by atoms with Crippen molar-refractivity contribution in [2.75, 3.05) is 13.1 Å². The van der Waals surface area contributed by atoms with Crippen LogP contribution < -0.4 is 0 Å². The second-order valence-electron chi connectivity index (χ2n) is 7.07. The van der Waals surface area contributed by atoms with E-state index in [1.54, 1.807) is 18.6 Å². The molecule has 29 heavy (non-hydrogen) atoms. The van der Waals surface area contributed by atoms with Gasteiger partial charge in [-0.1, -0.05) is 0 Å². The third-order valence-corrected chi connectivity index (χ3v) is 6.00. The van der Waals surface area contributed by atoms with Gasteiger partial charge in [0.15, 0.2) is 11.3 Å². The number of imidazole rings is 1. The Morgan fingerprint density at radius 2 is 2.03 bits per heavy atom. The lowest BCUT2D eigenvalue weighted by atomic mass is 10.0. The topological polar surface area (TPSA) is 89.7 Å². The molecule has 0 spiro atoms. The van der Waals surface area contributed by atoms with E-state index >= 15 is 0 Å². The molecule has 0 bridgehead atoms. The summed E-state index contributed by atoms with van der Waals surface area (Å²) in [7, 11) is 0. The number of rotatable bonds is 3. The SMILES string of the molecule is Cc1nc(C(=O)N2CCC(n3cnc4ncc(-c5cccnc5)nc43)CC2)cs1. The lowest BCUT2D eigenvalue weighted by Crippen LogP contribution is -2.39. The Morgan fingerprint density at radius 3 is 2.76 bits per heavy atom. The largest absolute Gasteiger partial charge is 0.337 e. The van der Waals surface area contributed by atoms with Gasteiger partial charge in [0.1, 0.15) is 5.69 Å². The molecule has 0 saturated carbocycles. The maximum Gasteiger partial charge on any atom is 0.273 e. The molecule has 4 aromatic rings. The molecule has 0 radical (unpaired) electrons. The predicted octanol–water partition coefficient (Wildman–Crippen LogP) is 3.13. The number of aryl methyl sites for hydroxylation is 1. The van der Waals surface area contributed by atoms with Crippen molar-refractivity contribution in [3.05, 3.63) is 53.1 Å². The minimum atomic E-state index is 0.0157. The highest BCUT2D eigenvalue weighted by atomic mass is 32.1. The monoisotopic (exact) mass is 405 g/mol. The third-order valence-electron chi connectivity index (χ3n) is 5.22. The van der Waals surface area contributed by atoms with Crippen molar-refractivity contribution in [1.82, 2.24) is 34.4 Å². The second-order valence-corrected chi connectivity index (χ2v) is 8.13. The molecule has 9 heteroatoms. The summed E-state index contributed by atoms with van der Waals surface area (Å²) in [4.78, 5) is 36.7. The van der Waals surface area contributed by atoms with Gasteiger partial charge in [-0.05, 0) is 31.9 Å². The molecule has 5 heterocycles. The number of carbonyl (C=O) groups excluding carboxylic acids is 1. The zero-order chi connectivity index (χ0) is 19.8.